The molecule has 0 saturated heterocycles. The molecule has 0 saturated carbocycles. The van der Waals surface area contributed by atoms with Gasteiger partial charge in [-0.2, -0.15) is 13.2 Å². The van der Waals surface area contributed by atoms with Crippen LogP contribution < -0.4 is 5.73 Å². The van der Waals surface area contributed by atoms with Crippen LogP contribution in [0.15, 0.2) is 24.3 Å². The van der Waals surface area contributed by atoms with E-state index in [9.17, 15) is 17.6 Å². The van der Waals surface area contributed by atoms with Crippen LogP contribution in [0.3, 0.4) is 0 Å². The molecule has 0 aliphatic rings. The minimum absolute atomic E-state index is 0. The molecule has 0 spiro atoms. The maximum absolute atomic E-state index is 13.1. The second-order valence-corrected chi connectivity index (χ2v) is 3.28. The number of alkyl halides is 3. The van der Waals surface area contributed by atoms with Crippen LogP contribution in [0, 0.1) is 5.82 Å². The molecule has 0 heterocycles. The van der Waals surface area contributed by atoms with Crippen LogP contribution in [0.5, 0.6) is 0 Å². The third kappa shape index (κ3) is 4.81. The zero-order chi connectivity index (χ0) is 11.5. The van der Waals surface area contributed by atoms with Crippen molar-refractivity contribution in [2.75, 3.05) is 0 Å². The van der Waals surface area contributed by atoms with Crippen LogP contribution in [-0.4, -0.2) is 6.18 Å². The van der Waals surface area contributed by atoms with Crippen molar-refractivity contribution >= 4 is 12.4 Å². The van der Waals surface area contributed by atoms with Gasteiger partial charge < -0.3 is 5.73 Å². The smallest absolute Gasteiger partial charge is 0.324 e. The fourth-order valence-electron chi connectivity index (χ4n) is 1.25. The van der Waals surface area contributed by atoms with Gasteiger partial charge in [0.25, 0.3) is 0 Å². The lowest BCUT2D eigenvalue weighted by molar-refractivity contribution is -0.136. The van der Waals surface area contributed by atoms with Crippen LogP contribution in [-0.2, 0) is 0 Å². The van der Waals surface area contributed by atoms with Crippen LogP contribution in [0.1, 0.15) is 24.4 Å². The molecule has 0 aliphatic heterocycles. The van der Waals surface area contributed by atoms with E-state index in [1.165, 1.54) is 18.2 Å². The first-order valence-electron chi connectivity index (χ1n) is 4.47. The lowest BCUT2D eigenvalue weighted by atomic mass is 10.0. The summed E-state index contributed by atoms with van der Waals surface area (Å²) in [6, 6.07) is 4.69. The van der Waals surface area contributed by atoms with Crippen LogP contribution in [0.2, 0.25) is 0 Å². The molecule has 0 fully saturated rings. The Morgan fingerprint density at radius 3 is 2.25 bits per heavy atom. The summed E-state index contributed by atoms with van der Waals surface area (Å²) in [5.41, 5.74) is 5.59. The number of halogens is 5. The van der Waals surface area contributed by atoms with Crippen molar-refractivity contribution < 1.29 is 17.6 Å². The van der Waals surface area contributed by atoms with Crippen molar-refractivity contribution in [3.8, 4) is 0 Å². The highest BCUT2D eigenvalue weighted by Gasteiger charge is 2.28. The monoisotopic (exact) mass is 257 g/mol. The molecule has 1 aromatic rings. The maximum atomic E-state index is 13.1. The highest BCUT2D eigenvalue weighted by molar-refractivity contribution is 5.85. The van der Waals surface area contributed by atoms with Gasteiger partial charge in [0.05, 0.1) is 0 Å². The molecule has 16 heavy (non-hydrogen) atoms. The predicted molar refractivity (Wildman–Crippen MR) is 55.9 cm³/mol. The molecule has 1 aromatic carbocycles. The fourth-order valence-corrected chi connectivity index (χ4v) is 1.25. The molecule has 0 bridgehead atoms. The summed E-state index contributed by atoms with van der Waals surface area (Å²) in [4.78, 5) is 0. The van der Waals surface area contributed by atoms with Gasteiger partial charge >= 0.3 is 6.18 Å². The molecule has 1 atom stereocenters. The van der Waals surface area contributed by atoms with Crippen molar-refractivity contribution in [2.45, 2.75) is 25.1 Å². The van der Waals surface area contributed by atoms with Crippen molar-refractivity contribution in [1.82, 2.24) is 0 Å². The molecule has 0 radical (unpaired) electrons. The summed E-state index contributed by atoms with van der Waals surface area (Å²) < 4.78 is 48.7. The highest BCUT2D eigenvalue weighted by atomic mass is 35.5. The van der Waals surface area contributed by atoms with E-state index in [4.69, 9.17) is 5.73 Å². The van der Waals surface area contributed by atoms with Gasteiger partial charge in [0.2, 0.25) is 0 Å². The Morgan fingerprint density at radius 2 is 1.75 bits per heavy atom. The molecular weight excluding hydrogens is 246 g/mol. The Kier molecular flexibility index (Phi) is 5.75. The van der Waals surface area contributed by atoms with Crippen LogP contribution in [0.4, 0.5) is 17.6 Å². The van der Waals surface area contributed by atoms with Crippen molar-refractivity contribution in [3.05, 3.63) is 35.6 Å². The molecular formula is C10H12ClF4N. The van der Waals surface area contributed by atoms with Crippen molar-refractivity contribution in [3.63, 3.8) is 0 Å². The molecule has 6 heteroatoms. The van der Waals surface area contributed by atoms with Gasteiger partial charge in [0.1, 0.15) is 5.82 Å². The zero-order valence-corrected chi connectivity index (χ0v) is 9.11. The van der Waals surface area contributed by atoms with Gasteiger partial charge in [-0.1, -0.05) is 18.2 Å². The fraction of sp³-hybridized carbons (Fsp3) is 0.400. The van der Waals surface area contributed by atoms with E-state index < -0.39 is 24.5 Å². The number of benzene rings is 1. The SMILES string of the molecule is Cl.N[C@@H](CCC(F)(F)F)c1ccccc1F. The van der Waals surface area contributed by atoms with Crippen LogP contribution >= 0.6 is 12.4 Å². The first kappa shape index (κ1) is 15.2. The Labute approximate surface area is 97.0 Å². The van der Waals surface area contributed by atoms with E-state index in [-0.39, 0.29) is 24.4 Å². The lowest BCUT2D eigenvalue weighted by Crippen LogP contribution is -2.16. The molecule has 1 nitrogen and oxygen atoms in total. The average Bonchev–Trinajstić information content (AvgIpc) is 2.14. The number of rotatable bonds is 3. The van der Waals surface area contributed by atoms with Crippen molar-refractivity contribution in [1.29, 1.82) is 0 Å². The topological polar surface area (TPSA) is 26.0 Å². The number of nitrogens with two attached hydrogens (primary N) is 1. The standard InChI is InChI=1S/C10H11F4N.ClH/c11-8-4-2-1-3-7(8)9(15)5-6-10(12,13)14;/h1-4,9H,5-6,15H2;1H/t9-;/m0./s1. The zero-order valence-electron chi connectivity index (χ0n) is 8.30. The first-order valence-corrected chi connectivity index (χ1v) is 4.47. The van der Waals surface area contributed by atoms with Gasteiger partial charge in [0.15, 0.2) is 0 Å². The minimum atomic E-state index is -4.25. The van der Waals surface area contributed by atoms with E-state index in [1.807, 2.05) is 0 Å². The van der Waals surface area contributed by atoms with Crippen LogP contribution in [0.25, 0.3) is 0 Å². The van der Waals surface area contributed by atoms with Crippen molar-refractivity contribution in [2.24, 2.45) is 5.73 Å². The second-order valence-electron chi connectivity index (χ2n) is 3.28. The second kappa shape index (κ2) is 6.06. The largest absolute Gasteiger partial charge is 0.389 e. The molecule has 2 N–H and O–H groups in total. The third-order valence-electron chi connectivity index (χ3n) is 2.04. The summed E-state index contributed by atoms with van der Waals surface area (Å²) >= 11 is 0. The molecule has 92 valence electrons. The Bertz CT molecular complexity index is 327. The van der Waals surface area contributed by atoms with Gasteiger partial charge in [0, 0.05) is 18.0 Å². The van der Waals surface area contributed by atoms with Gasteiger partial charge in [-0.3, -0.25) is 0 Å². The molecule has 0 aliphatic carbocycles. The quantitative estimate of drug-likeness (QED) is 0.823. The predicted octanol–water partition coefficient (Wildman–Crippen LogP) is 3.59. The maximum Gasteiger partial charge on any atom is 0.389 e. The minimum Gasteiger partial charge on any atom is -0.324 e. The van der Waals surface area contributed by atoms with E-state index >= 15 is 0 Å². The summed E-state index contributed by atoms with van der Waals surface area (Å²) in [6.45, 7) is 0. The Hall–Kier alpha value is -0.810. The van der Waals surface area contributed by atoms with E-state index in [0.717, 1.165) is 0 Å². The molecule has 0 unspecified atom stereocenters. The van der Waals surface area contributed by atoms with Gasteiger partial charge in [-0.05, 0) is 12.5 Å². The lowest BCUT2D eigenvalue weighted by Gasteiger charge is -2.13. The molecule has 0 aromatic heterocycles. The van der Waals surface area contributed by atoms with Gasteiger partial charge in [-0.25, -0.2) is 4.39 Å². The normalized spacial score (nSPS) is 13.1. The highest BCUT2D eigenvalue weighted by Crippen LogP contribution is 2.27. The third-order valence-corrected chi connectivity index (χ3v) is 2.04. The van der Waals surface area contributed by atoms with Gasteiger partial charge in [-0.15, -0.1) is 12.4 Å². The Morgan fingerprint density at radius 1 is 1.19 bits per heavy atom. The number of hydrogen-bond acceptors (Lipinski definition) is 1. The first-order chi connectivity index (χ1) is 6.90. The summed E-state index contributed by atoms with van der Waals surface area (Å²) in [5, 5.41) is 0. The summed E-state index contributed by atoms with van der Waals surface area (Å²) in [6.07, 6.45) is -5.55. The van der Waals surface area contributed by atoms with E-state index in [0.29, 0.717) is 0 Å². The molecule has 1 rings (SSSR count). The molecule has 0 amide bonds. The average molecular weight is 258 g/mol. The summed E-state index contributed by atoms with van der Waals surface area (Å²) in [7, 11) is 0. The number of hydrogen-bond donors (Lipinski definition) is 1. The van der Waals surface area contributed by atoms with E-state index in [1.54, 1.807) is 6.07 Å². The van der Waals surface area contributed by atoms with E-state index in [2.05, 4.69) is 0 Å². The Balaban J connectivity index is 0.00000225. The summed E-state index contributed by atoms with van der Waals surface area (Å²) in [5.74, 6) is -0.563.